The number of amides is 1. The molecule has 0 unspecified atom stereocenters. The van der Waals surface area contributed by atoms with Gasteiger partial charge in [-0.05, 0) is 44.2 Å². The average Bonchev–Trinajstić information content (AvgIpc) is 2.67. The molecule has 1 aromatic heterocycles. The van der Waals surface area contributed by atoms with Gasteiger partial charge in [0.1, 0.15) is 11.5 Å². The Kier molecular flexibility index (Phi) is 5.39. The summed E-state index contributed by atoms with van der Waals surface area (Å²) in [5, 5.41) is 9.06. The molecule has 1 saturated heterocycles. The van der Waals surface area contributed by atoms with Crippen molar-refractivity contribution in [3.05, 3.63) is 58.7 Å². The number of rotatable bonds is 4. The van der Waals surface area contributed by atoms with Crippen molar-refractivity contribution in [1.82, 2.24) is 9.88 Å². The van der Waals surface area contributed by atoms with Crippen molar-refractivity contribution < 1.29 is 23.9 Å². The number of pyridine rings is 1. The Morgan fingerprint density at radius 3 is 2.29 bits per heavy atom. The van der Waals surface area contributed by atoms with E-state index < -0.39 is 11.8 Å². The van der Waals surface area contributed by atoms with Crippen LogP contribution in [0.4, 0.5) is 10.1 Å². The second-order valence-electron chi connectivity index (χ2n) is 6.64. The monoisotopic (exact) mass is 385 g/mol. The molecule has 3 rings (SSSR count). The molecule has 1 aromatic carbocycles. The molecule has 0 radical (unpaired) electrons. The Hall–Kier alpha value is -3.29. The molecule has 8 heteroatoms. The molecule has 1 amide bonds. The van der Waals surface area contributed by atoms with Gasteiger partial charge >= 0.3 is 5.97 Å². The molecule has 0 spiro atoms. The summed E-state index contributed by atoms with van der Waals surface area (Å²) in [6, 6.07) is 7.19. The van der Waals surface area contributed by atoms with E-state index in [9.17, 15) is 18.8 Å². The van der Waals surface area contributed by atoms with Crippen LogP contribution in [0, 0.1) is 12.7 Å². The third-order valence-electron chi connectivity index (χ3n) is 4.80. The van der Waals surface area contributed by atoms with E-state index in [2.05, 4.69) is 4.98 Å². The van der Waals surface area contributed by atoms with Gasteiger partial charge in [0.25, 0.3) is 5.91 Å². The predicted molar refractivity (Wildman–Crippen MR) is 100 cm³/mol. The lowest BCUT2D eigenvalue weighted by Gasteiger charge is -2.36. The first-order valence-corrected chi connectivity index (χ1v) is 8.83. The normalized spacial score (nSPS) is 14.1. The molecule has 28 heavy (non-hydrogen) atoms. The van der Waals surface area contributed by atoms with E-state index in [0.717, 1.165) is 0 Å². The number of carbonyl (C=O) groups excluding carboxylic acids is 2. The highest BCUT2D eigenvalue weighted by molar-refractivity contribution is 5.95. The summed E-state index contributed by atoms with van der Waals surface area (Å²) < 4.78 is 14.3. The van der Waals surface area contributed by atoms with Crippen LogP contribution in [-0.4, -0.2) is 58.8 Å². The summed E-state index contributed by atoms with van der Waals surface area (Å²) in [4.78, 5) is 42.6. The van der Waals surface area contributed by atoms with E-state index in [1.54, 1.807) is 24.0 Å². The van der Waals surface area contributed by atoms with Crippen LogP contribution in [-0.2, 0) is 0 Å². The molecule has 1 aliphatic heterocycles. The number of halogens is 1. The number of aryl methyl sites for hydroxylation is 1. The number of nitrogens with zero attached hydrogens (tertiary/aromatic N) is 3. The van der Waals surface area contributed by atoms with E-state index >= 15 is 0 Å². The largest absolute Gasteiger partial charge is 0.478 e. The van der Waals surface area contributed by atoms with Crippen LogP contribution >= 0.6 is 0 Å². The van der Waals surface area contributed by atoms with Gasteiger partial charge in [-0.1, -0.05) is 0 Å². The number of benzene rings is 1. The van der Waals surface area contributed by atoms with Crippen LogP contribution in [0.2, 0.25) is 0 Å². The molecule has 7 nitrogen and oxygen atoms in total. The number of carbonyl (C=O) groups is 3. The summed E-state index contributed by atoms with van der Waals surface area (Å²) in [7, 11) is 0. The van der Waals surface area contributed by atoms with E-state index in [0.29, 0.717) is 37.4 Å². The Labute approximate surface area is 161 Å². The van der Waals surface area contributed by atoms with Gasteiger partial charge in [0.2, 0.25) is 0 Å². The first-order valence-electron chi connectivity index (χ1n) is 8.83. The SMILES string of the molecule is CC(=O)c1ccc(N2CCN(C(=O)c3ccc(C(=O)O)c(C)n3)CC2)c(F)c1. The molecule has 2 aromatic rings. The summed E-state index contributed by atoms with van der Waals surface area (Å²) in [6.07, 6.45) is 0. The van der Waals surface area contributed by atoms with Crippen molar-refractivity contribution in [3.8, 4) is 0 Å². The highest BCUT2D eigenvalue weighted by Crippen LogP contribution is 2.23. The predicted octanol–water partition coefficient (Wildman–Crippen LogP) is 2.39. The maximum Gasteiger partial charge on any atom is 0.337 e. The van der Waals surface area contributed by atoms with Gasteiger partial charge in [-0.3, -0.25) is 9.59 Å². The fourth-order valence-electron chi connectivity index (χ4n) is 3.20. The second kappa shape index (κ2) is 7.75. The zero-order chi connectivity index (χ0) is 20.4. The zero-order valence-corrected chi connectivity index (χ0v) is 15.6. The Morgan fingerprint density at radius 1 is 1.07 bits per heavy atom. The van der Waals surface area contributed by atoms with Gasteiger partial charge in [0.05, 0.1) is 16.9 Å². The van der Waals surface area contributed by atoms with Crippen molar-refractivity contribution in [2.45, 2.75) is 13.8 Å². The first kappa shape index (κ1) is 19.5. The van der Waals surface area contributed by atoms with Crippen molar-refractivity contribution >= 4 is 23.3 Å². The minimum atomic E-state index is -1.09. The Bertz CT molecular complexity index is 952. The number of aromatic carboxylic acids is 1. The average molecular weight is 385 g/mol. The standard InChI is InChI=1S/C20H20FN3O4/c1-12-15(20(27)28)4-5-17(22-12)19(26)24-9-7-23(8-10-24)18-6-3-14(13(2)25)11-16(18)21/h3-6,11H,7-10H2,1-2H3,(H,27,28). The third kappa shape index (κ3) is 3.85. The zero-order valence-electron chi connectivity index (χ0n) is 15.6. The summed E-state index contributed by atoms with van der Waals surface area (Å²) >= 11 is 0. The quantitative estimate of drug-likeness (QED) is 0.813. The van der Waals surface area contributed by atoms with Gasteiger partial charge < -0.3 is 14.9 Å². The molecule has 146 valence electrons. The summed E-state index contributed by atoms with van der Waals surface area (Å²) in [5.74, 6) is -2.03. The van der Waals surface area contributed by atoms with Crippen LogP contribution in [0.25, 0.3) is 0 Å². The highest BCUT2D eigenvalue weighted by Gasteiger charge is 2.25. The third-order valence-corrected chi connectivity index (χ3v) is 4.80. The Morgan fingerprint density at radius 2 is 1.75 bits per heavy atom. The molecular weight excluding hydrogens is 365 g/mol. The van der Waals surface area contributed by atoms with Crippen LogP contribution in [0.15, 0.2) is 30.3 Å². The highest BCUT2D eigenvalue weighted by atomic mass is 19.1. The number of carboxylic acids is 1. The number of ketones is 1. The van der Waals surface area contributed by atoms with Crippen molar-refractivity contribution in [2.24, 2.45) is 0 Å². The maximum atomic E-state index is 14.3. The summed E-state index contributed by atoms with van der Waals surface area (Å²) in [5.41, 5.74) is 1.25. The fourth-order valence-corrected chi connectivity index (χ4v) is 3.20. The van der Waals surface area contributed by atoms with Crippen LogP contribution < -0.4 is 4.90 Å². The van der Waals surface area contributed by atoms with Gasteiger partial charge in [-0.25, -0.2) is 14.2 Å². The molecule has 0 saturated carbocycles. The number of anilines is 1. The number of piperazine rings is 1. The second-order valence-corrected chi connectivity index (χ2v) is 6.64. The maximum absolute atomic E-state index is 14.3. The van der Waals surface area contributed by atoms with Gasteiger partial charge in [-0.15, -0.1) is 0 Å². The molecule has 2 heterocycles. The number of carboxylic acid groups (broad SMARTS) is 1. The topological polar surface area (TPSA) is 90.8 Å². The number of aromatic nitrogens is 1. The minimum absolute atomic E-state index is 0.0610. The van der Waals surface area contributed by atoms with Crippen LogP contribution in [0.5, 0.6) is 0 Å². The fraction of sp³-hybridized carbons (Fsp3) is 0.300. The van der Waals surface area contributed by atoms with Gasteiger partial charge in [-0.2, -0.15) is 0 Å². The van der Waals surface area contributed by atoms with E-state index in [4.69, 9.17) is 5.11 Å². The molecule has 1 fully saturated rings. The molecular formula is C20H20FN3O4. The smallest absolute Gasteiger partial charge is 0.337 e. The number of hydrogen-bond acceptors (Lipinski definition) is 5. The number of Topliss-reactive ketones (excluding diaryl/α,β-unsaturated/α-hetero) is 1. The Balaban J connectivity index is 1.68. The molecule has 1 N–H and O–H groups in total. The van der Waals surface area contributed by atoms with Crippen molar-refractivity contribution in [2.75, 3.05) is 31.1 Å². The van der Waals surface area contributed by atoms with Gasteiger partial charge in [0.15, 0.2) is 5.78 Å². The van der Waals surface area contributed by atoms with Crippen LogP contribution in [0.3, 0.4) is 0 Å². The first-order chi connectivity index (χ1) is 13.3. The summed E-state index contributed by atoms with van der Waals surface area (Å²) in [6.45, 7) is 4.58. The van der Waals surface area contributed by atoms with Crippen molar-refractivity contribution in [1.29, 1.82) is 0 Å². The van der Waals surface area contributed by atoms with Crippen molar-refractivity contribution in [3.63, 3.8) is 0 Å². The van der Waals surface area contributed by atoms with E-state index in [1.165, 1.54) is 25.1 Å². The lowest BCUT2D eigenvalue weighted by atomic mass is 10.1. The molecule has 0 aliphatic carbocycles. The molecule has 0 atom stereocenters. The number of hydrogen-bond donors (Lipinski definition) is 1. The van der Waals surface area contributed by atoms with Crippen LogP contribution in [0.1, 0.15) is 43.8 Å². The van der Waals surface area contributed by atoms with E-state index in [-0.39, 0.29) is 28.6 Å². The van der Waals surface area contributed by atoms with Gasteiger partial charge in [0, 0.05) is 31.7 Å². The molecule has 1 aliphatic rings. The van der Waals surface area contributed by atoms with E-state index in [1.807, 2.05) is 4.90 Å². The minimum Gasteiger partial charge on any atom is -0.478 e. The lowest BCUT2D eigenvalue weighted by Crippen LogP contribution is -2.49. The lowest BCUT2D eigenvalue weighted by molar-refractivity contribution is 0.0690. The molecule has 0 bridgehead atoms.